The van der Waals surface area contributed by atoms with E-state index in [2.05, 4.69) is 0 Å². The summed E-state index contributed by atoms with van der Waals surface area (Å²) in [4.78, 5) is 10.6. The smallest absolute Gasteiger partial charge is 0.339 e. The minimum atomic E-state index is -1.15. The van der Waals surface area contributed by atoms with Gasteiger partial charge in [-0.3, -0.25) is 0 Å². The third-order valence-electron chi connectivity index (χ3n) is 1.51. The van der Waals surface area contributed by atoms with Crippen molar-refractivity contribution in [1.82, 2.24) is 0 Å². The van der Waals surface area contributed by atoms with E-state index in [-0.39, 0.29) is 22.1 Å². The van der Waals surface area contributed by atoms with E-state index >= 15 is 0 Å². The maximum atomic E-state index is 10.6. The molecule has 1 rings (SSSR count). The number of carboxylic acid groups (broad SMARTS) is 1. The van der Waals surface area contributed by atoms with E-state index in [0.29, 0.717) is 0 Å². The van der Waals surface area contributed by atoms with Crippen molar-refractivity contribution >= 4 is 17.6 Å². The van der Waals surface area contributed by atoms with Crippen LogP contribution in [0.25, 0.3) is 0 Å². The number of phenols is 1. The highest BCUT2D eigenvalue weighted by molar-refractivity contribution is 6.34. The van der Waals surface area contributed by atoms with Gasteiger partial charge < -0.3 is 14.9 Å². The summed E-state index contributed by atoms with van der Waals surface area (Å²) in [6, 6.07) is 2.43. The van der Waals surface area contributed by atoms with E-state index in [1.165, 1.54) is 19.2 Å². The lowest BCUT2D eigenvalue weighted by Crippen LogP contribution is -2.00. The topological polar surface area (TPSA) is 66.8 Å². The van der Waals surface area contributed by atoms with E-state index in [1.54, 1.807) is 0 Å². The number of hydrogen-bond acceptors (Lipinski definition) is 3. The molecule has 70 valence electrons. The third kappa shape index (κ3) is 1.67. The van der Waals surface area contributed by atoms with Crippen molar-refractivity contribution < 1.29 is 19.7 Å². The van der Waals surface area contributed by atoms with E-state index in [4.69, 9.17) is 26.6 Å². The molecule has 0 spiro atoms. The first kappa shape index (κ1) is 9.67. The highest BCUT2D eigenvalue weighted by atomic mass is 35.5. The van der Waals surface area contributed by atoms with Gasteiger partial charge in [0.05, 0.1) is 7.11 Å². The van der Waals surface area contributed by atoms with Crippen molar-refractivity contribution in [3.8, 4) is 11.5 Å². The van der Waals surface area contributed by atoms with Gasteiger partial charge >= 0.3 is 5.97 Å². The van der Waals surface area contributed by atoms with Gasteiger partial charge in [-0.1, -0.05) is 11.6 Å². The quantitative estimate of drug-likeness (QED) is 0.767. The van der Waals surface area contributed by atoms with Crippen LogP contribution in [-0.2, 0) is 0 Å². The summed E-state index contributed by atoms with van der Waals surface area (Å²) in [5.74, 6) is -1.39. The molecule has 0 unspecified atom stereocenters. The Balaban J connectivity index is 3.38. The summed E-state index contributed by atoms with van der Waals surface area (Å²) in [5.41, 5.74) is -0.0784. The van der Waals surface area contributed by atoms with Crippen LogP contribution in [0.1, 0.15) is 10.4 Å². The fourth-order valence-electron chi connectivity index (χ4n) is 0.914. The molecule has 0 bridgehead atoms. The van der Waals surface area contributed by atoms with Crippen molar-refractivity contribution in [1.29, 1.82) is 0 Å². The lowest BCUT2D eigenvalue weighted by Gasteiger charge is -2.07. The van der Waals surface area contributed by atoms with E-state index in [1.807, 2.05) is 0 Å². The molecule has 0 saturated heterocycles. The zero-order valence-electron chi connectivity index (χ0n) is 6.74. The number of carbonyl (C=O) groups is 1. The van der Waals surface area contributed by atoms with Crippen LogP contribution in [0.4, 0.5) is 0 Å². The lowest BCUT2D eigenvalue weighted by atomic mass is 10.2. The number of hydrogen-bond donors (Lipinski definition) is 2. The molecule has 0 saturated carbocycles. The first-order chi connectivity index (χ1) is 6.07. The summed E-state index contributed by atoms with van der Waals surface area (Å²) in [7, 11) is 1.28. The van der Waals surface area contributed by atoms with Gasteiger partial charge in [-0.05, 0) is 12.1 Å². The molecule has 1 aromatic carbocycles. The second kappa shape index (κ2) is 3.53. The van der Waals surface area contributed by atoms with Crippen molar-refractivity contribution in [3.63, 3.8) is 0 Å². The zero-order valence-corrected chi connectivity index (χ0v) is 7.50. The minimum Gasteiger partial charge on any atom is -0.506 e. The largest absolute Gasteiger partial charge is 0.506 e. The Morgan fingerprint density at radius 1 is 1.54 bits per heavy atom. The number of benzene rings is 1. The number of carboxylic acids is 1. The second-order valence-corrected chi connectivity index (χ2v) is 2.66. The van der Waals surface area contributed by atoms with Crippen molar-refractivity contribution in [2.75, 3.05) is 7.11 Å². The fourth-order valence-corrected chi connectivity index (χ4v) is 1.16. The molecular formula is C8H7ClO4. The van der Waals surface area contributed by atoms with Crippen molar-refractivity contribution in [2.24, 2.45) is 0 Å². The Kier molecular flexibility index (Phi) is 2.63. The molecule has 0 fully saturated rings. The van der Waals surface area contributed by atoms with Crippen LogP contribution in [0.5, 0.6) is 11.5 Å². The SMILES string of the molecule is COc1c(C(=O)O)ccc(O)c1Cl. The van der Waals surface area contributed by atoms with Crippen LogP contribution in [0.3, 0.4) is 0 Å². The van der Waals surface area contributed by atoms with Crippen LogP contribution in [0.15, 0.2) is 12.1 Å². The maximum Gasteiger partial charge on any atom is 0.339 e. The van der Waals surface area contributed by atoms with E-state index in [0.717, 1.165) is 0 Å². The van der Waals surface area contributed by atoms with Crippen LogP contribution in [0.2, 0.25) is 5.02 Å². The summed E-state index contributed by atoms with van der Waals surface area (Å²) in [5, 5.41) is 17.7. The molecular weight excluding hydrogens is 196 g/mol. The Bertz CT molecular complexity index is 348. The van der Waals surface area contributed by atoms with Crippen LogP contribution in [-0.4, -0.2) is 23.3 Å². The van der Waals surface area contributed by atoms with Gasteiger partial charge in [0.15, 0.2) is 5.75 Å². The predicted molar refractivity (Wildman–Crippen MR) is 46.6 cm³/mol. The molecule has 0 heterocycles. The molecule has 0 amide bonds. The zero-order chi connectivity index (χ0) is 10.0. The Morgan fingerprint density at radius 3 is 2.62 bits per heavy atom. The number of phenolic OH excluding ortho intramolecular Hbond substituents is 1. The van der Waals surface area contributed by atoms with Crippen molar-refractivity contribution in [3.05, 3.63) is 22.7 Å². The average Bonchev–Trinajstić information content (AvgIpc) is 2.09. The van der Waals surface area contributed by atoms with Crippen LogP contribution >= 0.6 is 11.6 Å². The normalized spacial score (nSPS) is 9.69. The number of methoxy groups -OCH3 is 1. The molecule has 0 aromatic heterocycles. The van der Waals surface area contributed by atoms with Gasteiger partial charge in [-0.2, -0.15) is 0 Å². The number of rotatable bonds is 2. The highest BCUT2D eigenvalue weighted by Gasteiger charge is 2.16. The van der Waals surface area contributed by atoms with Gasteiger partial charge in [0.1, 0.15) is 16.3 Å². The molecule has 0 atom stereocenters. The van der Waals surface area contributed by atoms with Crippen molar-refractivity contribution in [2.45, 2.75) is 0 Å². The first-order valence-corrected chi connectivity index (χ1v) is 3.74. The van der Waals surface area contributed by atoms with Gasteiger partial charge in [-0.15, -0.1) is 0 Å². The van der Waals surface area contributed by atoms with E-state index in [9.17, 15) is 4.79 Å². The van der Waals surface area contributed by atoms with Crippen LogP contribution < -0.4 is 4.74 Å². The van der Waals surface area contributed by atoms with E-state index < -0.39 is 5.97 Å². The molecule has 4 nitrogen and oxygen atoms in total. The standard InChI is InChI=1S/C8H7ClO4/c1-13-7-4(8(11)12)2-3-5(10)6(7)9/h2-3,10H,1H3,(H,11,12). The molecule has 0 aliphatic heterocycles. The average molecular weight is 203 g/mol. The lowest BCUT2D eigenvalue weighted by molar-refractivity contribution is 0.0693. The molecule has 5 heteroatoms. The summed E-state index contributed by atoms with van der Waals surface area (Å²) < 4.78 is 4.75. The monoisotopic (exact) mass is 202 g/mol. The summed E-state index contributed by atoms with van der Waals surface area (Å²) >= 11 is 5.60. The molecule has 0 aliphatic carbocycles. The van der Waals surface area contributed by atoms with Gasteiger partial charge in [0, 0.05) is 0 Å². The van der Waals surface area contributed by atoms with Gasteiger partial charge in [0.2, 0.25) is 0 Å². The molecule has 13 heavy (non-hydrogen) atoms. The fraction of sp³-hybridized carbons (Fsp3) is 0.125. The molecule has 1 aromatic rings. The molecule has 0 radical (unpaired) electrons. The maximum absolute atomic E-state index is 10.6. The number of ether oxygens (including phenoxy) is 1. The second-order valence-electron chi connectivity index (χ2n) is 2.28. The van der Waals surface area contributed by atoms with Crippen LogP contribution in [0, 0.1) is 0 Å². The number of aromatic carboxylic acids is 1. The number of halogens is 1. The highest BCUT2D eigenvalue weighted by Crippen LogP contribution is 2.35. The Hall–Kier alpha value is -1.42. The number of aromatic hydroxyl groups is 1. The Morgan fingerprint density at radius 2 is 2.15 bits per heavy atom. The molecule has 2 N–H and O–H groups in total. The van der Waals surface area contributed by atoms with Gasteiger partial charge in [-0.25, -0.2) is 4.79 Å². The van der Waals surface area contributed by atoms with Gasteiger partial charge in [0.25, 0.3) is 0 Å². The minimum absolute atomic E-state index is 0.0332. The predicted octanol–water partition coefficient (Wildman–Crippen LogP) is 1.75. The molecule has 0 aliphatic rings. The Labute approximate surface area is 79.3 Å². The summed E-state index contributed by atoms with van der Waals surface area (Å²) in [6.07, 6.45) is 0. The first-order valence-electron chi connectivity index (χ1n) is 3.36. The third-order valence-corrected chi connectivity index (χ3v) is 1.88. The summed E-state index contributed by atoms with van der Waals surface area (Å²) in [6.45, 7) is 0.